The molecule has 1 unspecified atom stereocenters. The van der Waals surface area contributed by atoms with Crippen molar-refractivity contribution in [3.05, 3.63) is 35.9 Å². The first-order chi connectivity index (χ1) is 7.65. The number of nitrogens with zero attached hydrogens (tertiary/aromatic N) is 2. The summed E-state index contributed by atoms with van der Waals surface area (Å²) in [6, 6.07) is 11.1. The molecule has 4 nitrogen and oxygen atoms in total. The molecule has 84 valence electrons. The van der Waals surface area contributed by atoms with Crippen molar-refractivity contribution in [3.63, 3.8) is 0 Å². The van der Waals surface area contributed by atoms with E-state index in [9.17, 15) is 4.79 Å². The summed E-state index contributed by atoms with van der Waals surface area (Å²) in [6.45, 7) is 0.364. The highest BCUT2D eigenvalue weighted by Crippen LogP contribution is 2.17. The number of carboxylic acids is 1. The molecule has 1 aromatic carbocycles. The van der Waals surface area contributed by atoms with Crippen LogP contribution in [0.2, 0.25) is 0 Å². The van der Waals surface area contributed by atoms with Crippen LogP contribution in [-0.4, -0.2) is 29.6 Å². The fourth-order valence-corrected chi connectivity index (χ4v) is 1.46. The summed E-state index contributed by atoms with van der Waals surface area (Å²) in [6.07, 6.45) is 0.0432. The van der Waals surface area contributed by atoms with Crippen molar-refractivity contribution < 1.29 is 9.90 Å². The van der Waals surface area contributed by atoms with Gasteiger partial charge >= 0.3 is 5.97 Å². The molecule has 1 atom stereocenters. The van der Waals surface area contributed by atoms with Gasteiger partial charge in [0.05, 0.1) is 12.5 Å². The minimum atomic E-state index is -0.850. The molecule has 0 aromatic heterocycles. The molecule has 0 fully saturated rings. The Morgan fingerprint density at radius 1 is 1.50 bits per heavy atom. The van der Waals surface area contributed by atoms with Gasteiger partial charge in [0.2, 0.25) is 0 Å². The minimum absolute atomic E-state index is 0.0432. The van der Waals surface area contributed by atoms with E-state index < -0.39 is 5.97 Å². The second-order valence-electron chi connectivity index (χ2n) is 3.57. The Hall–Kier alpha value is -1.86. The molecule has 0 saturated heterocycles. The lowest BCUT2D eigenvalue weighted by atomic mass is 10.1. The van der Waals surface area contributed by atoms with Crippen LogP contribution in [0.1, 0.15) is 18.0 Å². The Balaban J connectivity index is 2.68. The average molecular weight is 218 g/mol. The van der Waals surface area contributed by atoms with Crippen LogP contribution in [0, 0.1) is 11.3 Å². The zero-order valence-electron chi connectivity index (χ0n) is 9.13. The summed E-state index contributed by atoms with van der Waals surface area (Å²) >= 11 is 0. The van der Waals surface area contributed by atoms with Crippen LogP contribution in [0.3, 0.4) is 0 Å². The summed E-state index contributed by atoms with van der Waals surface area (Å²) in [7, 11) is 1.75. The Bertz CT molecular complexity index is 384. The predicted molar refractivity (Wildman–Crippen MR) is 59.7 cm³/mol. The highest BCUT2D eigenvalue weighted by atomic mass is 16.4. The van der Waals surface area contributed by atoms with Crippen LogP contribution in [-0.2, 0) is 4.79 Å². The molecular weight excluding hydrogens is 204 g/mol. The summed E-state index contributed by atoms with van der Waals surface area (Å²) in [5.74, 6) is -0.850. The van der Waals surface area contributed by atoms with Crippen LogP contribution < -0.4 is 0 Å². The average Bonchev–Trinajstić information content (AvgIpc) is 2.29. The maximum absolute atomic E-state index is 10.4. The molecule has 0 amide bonds. The smallest absolute Gasteiger partial charge is 0.304 e. The molecule has 0 aliphatic carbocycles. The monoisotopic (exact) mass is 218 g/mol. The summed E-state index contributed by atoms with van der Waals surface area (Å²) in [5, 5.41) is 17.7. The topological polar surface area (TPSA) is 64.3 Å². The van der Waals surface area contributed by atoms with E-state index in [1.165, 1.54) is 0 Å². The minimum Gasteiger partial charge on any atom is -0.481 e. The van der Waals surface area contributed by atoms with Crippen molar-refractivity contribution in [2.75, 3.05) is 13.6 Å². The van der Waals surface area contributed by atoms with Gasteiger partial charge in [-0.3, -0.25) is 9.69 Å². The van der Waals surface area contributed by atoms with Gasteiger partial charge in [0.1, 0.15) is 6.04 Å². The number of hydrogen-bond acceptors (Lipinski definition) is 3. The molecular formula is C12H14N2O2. The first kappa shape index (κ1) is 12.2. The van der Waals surface area contributed by atoms with Gasteiger partial charge in [-0.15, -0.1) is 0 Å². The van der Waals surface area contributed by atoms with Crippen LogP contribution in [0.4, 0.5) is 0 Å². The summed E-state index contributed by atoms with van der Waals surface area (Å²) in [4.78, 5) is 12.2. The van der Waals surface area contributed by atoms with E-state index in [1.807, 2.05) is 30.3 Å². The first-order valence-electron chi connectivity index (χ1n) is 5.01. The summed E-state index contributed by atoms with van der Waals surface area (Å²) in [5.41, 5.74) is 0.887. The molecule has 16 heavy (non-hydrogen) atoms. The number of carboxylic acid groups (broad SMARTS) is 1. The lowest BCUT2D eigenvalue weighted by Gasteiger charge is -2.21. The number of rotatable bonds is 5. The van der Waals surface area contributed by atoms with Gasteiger partial charge < -0.3 is 5.11 Å². The standard InChI is InChI=1S/C12H14N2O2/c1-14(8-7-12(15)16)11(9-13)10-5-3-2-4-6-10/h2-6,11H,7-8H2,1H3,(H,15,16). The molecule has 4 heteroatoms. The molecule has 0 bridgehead atoms. The molecule has 0 spiro atoms. The van der Waals surface area contributed by atoms with E-state index in [-0.39, 0.29) is 12.5 Å². The zero-order chi connectivity index (χ0) is 12.0. The van der Waals surface area contributed by atoms with Crippen molar-refractivity contribution in [1.29, 1.82) is 5.26 Å². The van der Waals surface area contributed by atoms with Crippen LogP contribution in [0.15, 0.2) is 30.3 Å². The second kappa shape index (κ2) is 5.89. The molecule has 0 radical (unpaired) electrons. The SMILES string of the molecule is CN(CCC(=O)O)C(C#N)c1ccccc1. The molecule has 0 saturated carbocycles. The predicted octanol–water partition coefficient (Wildman–Crippen LogP) is 1.66. The molecule has 1 N–H and O–H groups in total. The Morgan fingerprint density at radius 2 is 2.12 bits per heavy atom. The largest absolute Gasteiger partial charge is 0.481 e. The van der Waals surface area contributed by atoms with Crippen molar-refractivity contribution in [1.82, 2.24) is 4.90 Å². The van der Waals surface area contributed by atoms with Crippen LogP contribution in [0.5, 0.6) is 0 Å². The third-order valence-electron chi connectivity index (χ3n) is 2.36. The fourth-order valence-electron chi connectivity index (χ4n) is 1.46. The number of aliphatic carboxylic acids is 1. The molecule has 1 rings (SSSR count). The van der Waals surface area contributed by atoms with E-state index in [4.69, 9.17) is 10.4 Å². The van der Waals surface area contributed by atoms with E-state index in [1.54, 1.807) is 11.9 Å². The van der Waals surface area contributed by atoms with Gasteiger partial charge in [-0.05, 0) is 12.6 Å². The molecule has 1 aromatic rings. The van der Waals surface area contributed by atoms with Gasteiger partial charge in [0.15, 0.2) is 0 Å². The number of benzene rings is 1. The molecule has 0 heterocycles. The third kappa shape index (κ3) is 3.37. The number of hydrogen-bond donors (Lipinski definition) is 1. The maximum Gasteiger partial charge on any atom is 0.304 e. The van der Waals surface area contributed by atoms with E-state index in [0.717, 1.165) is 5.56 Å². The van der Waals surface area contributed by atoms with Crippen molar-refractivity contribution in [2.45, 2.75) is 12.5 Å². The molecule has 0 aliphatic rings. The lowest BCUT2D eigenvalue weighted by Crippen LogP contribution is -2.26. The van der Waals surface area contributed by atoms with E-state index in [0.29, 0.717) is 6.54 Å². The number of nitriles is 1. The van der Waals surface area contributed by atoms with Gasteiger partial charge in [-0.1, -0.05) is 30.3 Å². The highest BCUT2D eigenvalue weighted by Gasteiger charge is 2.16. The van der Waals surface area contributed by atoms with E-state index in [2.05, 4.69) is 6.07 Å². The van der Waals surface area contributed by atoms with Crippen molar-refractivity contribution in [3.8, 4) is 6.07 Å². The quantitative estimate of drug-likeness (QED) is 0.816. The van der Waals surface area contributed by atoms with Crippen molar-refractivity contribution in [2.24, 2.45) is 0 Å². The maximum atomic E-state index is 10.4. The van der Waals surface area contributed by atoms with Gasteiger partial charge in [-0.2, -0.15) is 5.26 Å². The van der Waals surface area contributed by atoms with Gasteiger partial charge in [0.25, 0.3) is 0 Å². The number of carbonyl (C=O) groups is 1. The van der Waals surface area contributed by atoms with Gasteiger partial charge in [-0.25, -0.2) is 0 Å². The van der Waals surface area contributed by atoms with Crippen LogP contribution in [0.25, 0.3) is 0 Å². The van der Waals surface area contributed by atoms with Gasteiger partial charge in [0, 0.05) is 6.54 Å². The first-order valence-corrected chi connectivity index (χ1v) is 5.01. The summed E-state index contributed by atoms with van der Waals surface area (Å²) < 4.78 is 0. The lowest BCUT2D eigenvalue weighted by molar-refractivity contribution is -0.137. The third-order valence-corrected chi connectivity index (χ3v) is 2.36. The second-order valence-corrected chi connectivity index (χ2v) is 3.57. The normalized spacial score (nSPS) is 12.1. The highest BCUT2D eigenvalue weighted by molar-refractivity contribution is 5.66. The zero-order valence-corrected chi connectivity index (χ0v) is 9.13. The van der Waals surface area contributed by atoms with Crippen molar-refractivity contribution >= 4 is 5.97 Å². The Labute approximate surface area is 94.7 Å². The Morgan fingerprint density at radius 3 is 2.62 bits per heavy atom. The van der Waals surface area contributed by atoms with Crippen LogP contribution >= 0.6 is 0 Å². The Kier molecular flexibility index (Phi) is 4.49. The molecule has 0 aliphatic heterocycles. The fraction of sp³-hybridized carbons (Fsp3) is 0.333. The van der Waals surface area contributed by atoms with E-state index >= 15 is 0 Å².